The summed E-state index contributed by atoms with van der Waals surface area (Å²) in [4.78, 5) is 10.1. The Kier molecular flexibility index (Phi) is 11.4. The van der Waals surface area contributed by atoms with E-state index in [9.17, 15) is 4.79 Å². The van der Waals surface area contributed by atoms with Gasteiger partial charge in [-0.2, -0.15) is 0 Å². The van der Waals surface area contributed by atoms with Crippen molar-refractivity contribution in [1.82, 2.24) is 0 Å². The van der Waals surface area contributed by atoms with Crippen molar-refractivity contribution in [2.75, 3.05) is 5.75 Å². The quantitative estimate of drug-likeness (QED) is 0.553. The molecule has 0 spiro atoms. The number of hydrogen-bond donors (Lipinski definition) is 1. The molecule has 1 amide bonds. The zero-order valence-corrected chi connectivity index (χ0v) is 9.51. The Bertz CT molecular complexity index is 79.4. The molecule has 0 aliphatic carbocycles. The van der Waals surface area contributed by atoms with Crippen LogP contribution in [0.25, 0.3) is 0 Å². The second-order valence-corrected chi connectivity index (χ2v) is 2.62. The van der Waals surface area contributed by atoms with Gasteiger partial charge in [-0.3, -0.25) is 4.79 Å². The molecule has 0 rings (SSSR count). The summed E-state index contributed by atoms with van der Waals surface area (Å²) >= 11 is 1.19. The van der Waals surface area contributed by atoms with E-state index in [0.29, 0.717) is 0 Å². The van der Waals surface area contributed by atoms with Crippen LogP contribution >= 0.6 is 11.8 Å². The fourth-order valence-electron chi connectivity index (χ4n) is 0.317. The van der Waals surface area contributed by atoms with Crippen LogP contribution in [0.4, 0.5) is 4.79 Å². The van der Waals surface area contributed by atoms with Gasteiger partial charge in [-0.15, -0.1) is 0 Å². The van der Waals surface area contributed by atoms with Gasteiger partial charge in [0.25, 0.3) is 5.24 Å². The zero-order valence-electron chi connectivity index (χ0n) is 5.72. The Balaban J connectivity index is 0. The summed E-state index contributed by atoms with van der Waals surface area (Å²) in [5.41, 5.74) is 4.86. The number of unbranched alkanes of at least 4 members (excludes halogenated alkanes) is 1. The summed E-state index contributed by atoms with van der Waals surface area (Å²) in [5, 5.41) is -0.265. The Morgan fingerprint density at radius 3 is 2.56 bits per heavy atom. The van der Waals surface area contributed by atoms with Crippen LogP contribution in [-0.2, 0) is 19.5 Å². The first-order chi connectivity index (χ1) is 3.77. The first-order valence-electron chi connectivity index (χ1n) is 2.69. The fourth-order valence-corrected chi connectivity index (χ4v) is 0.951. The Morgan fingerprint density at radius 2 is 2.22 bits per heavy atom. The number of carbonyl (C=O) groups excluding carboxylic acids is 1. The van der Waals surface area contributed by atoms with Crippen LogP contribution < -0.4 is 5.73 Å². The topological polar surface area (TPSA) is 43.1 Å². The second-order valence-electron chi connectivity index (χ2n) is 1.52. The average molecular weight is 199 g/mol. The zero-order chi connectivity index (χ0) is 6.41. The number of primary amides is 1. The molecule has 4 heteroatoms. The van der Waals surface area contributed by atoms with E-state index >= 15 is 0 Å². The van der Waals surface area contributed by atoms with E-state index in [4.69, 9.17) is 5.73 Å². The van der Waals surface area contributed by atoms with Crippen molar-refractivity contribution >= 4 is 17.0 Å². The molecule has 0 aromatic carbocycles. The van der Waals surface area contributed by atoms with Gasteiger partial charge >= 0.3 is 0 Å². The van der Waals surface area contributed by atoms with Crippen molar-refractivity contribution in [1.29, 1.82) is 0 Å². The average Bonchev–Trinajstić information content (AvgIpc) is 1.66. The van der Waals surface area contributed by atoms with Crippen LogP contribution in [0.1, 0.15) is 19.8 Å². The molecule has 0 aromatic heterocycles. The molecule has 0 bridgehead atoms. The summed E-state index contributed by atoms with van der Waals surface area (Å²) in [6.45, 7) is 2.08. The summed E-state index contributed by atoms with van der Waals surface area (Å²) in [6, 6.07) is 0. The second kappa shape index (κ2) is 8.44. The minimum atomic E-state index is -0.265. The summed E-state index contributed by atoms with van der Waals surface area (Å²) in [6.07, 6.45) is 2.20. The predicted octanol–water partition coefficient (Wildman–Crippen LogP) is 1.60. The Labute approximate surface area is 72.7 Å². The van der Waals surface area contributed by atoms with Gasteiger partial charge in [0, 0.05) is 25.2 Å². The van der Waals surface area contributed by atoms with Crippen molar-refractivity contribution in [3.8, 4) is 0 Å². The Morgan fingerprint density at radius 1 is 1.67 bits per heavy atom. The molecule has 2 nitrogen and oxygen atoms in total. The van der Waals surface area contributed by atoms with Crippen LogP contribution in [0.2, 0.25) is 0 Å². The van der Waals surface area contributed by atoms with Gasteiger partial charge in [0.15, 0.2) is 0 Å². The number of thioether (sulfide) groups is 1. The number of hydrogen-bond acceptors (Lipinski definition) is 2. The molecule has 0 fully saturated rings. The molecule has 0 saturated heterocycles. The maximum absolute atomic E-state index is 10.1. The molecular formula is C5H11NOSZn. The monoisotopic (exact) mass is 197 g/mol. The molecule has 0 atom stereocenters. The van der Waals surface area contributed by atoms with E-state index in [1.165, 1.54) is 11.8 Å². The van der Waals surface area contributed by atoms with Crippen molar-refractivity contribution < 1.29 is 24.3 Å². The van der Waals surface area contributed by atoms with Gasteiger partial charge in [-0.1, -0.05) is 25.1 Å². The minimum absolute atomic E-state index is 0. The maximum atomic E-state index is 10.1. The number of carbonyl (C=O) groups is 1. The molecule has 9 heavy (non-hydrogen) atoms. The number of rotatable bonds is 3. The van der Waals surface area contributed by atoms with E-state index in [-0.39, 0.29) is 24.7 Å². The van der Waals surface area contributed by atoms with Crippen molar-refractivity contribution in [2.24, 2.45) is 5.73 Å². The predicted molar refractivity (Wildman–Crippen MR) is 36.9 cm³/mol. The fraction of sp³-hybridized carbons (Fsp3) is 0.800. The SMILES string of the molecule is CCCCSC(N)=O.[Zn]. The van der Waals surface area contributed by atoms with Gasteiger partial charge in [0.05, 0.1) is 0 Å². The molecular weight excluding hydrogens is 188 g/mol. The minimum Gasteiger partial charge on any atom is -0.361 e. The molecule has 0 heterocycles. The van der Waals surface area contributed by atoms with Crippen LogP contribution in [0.15, 0.2) is 0 Å². The third-order valence-corrected chi connectivity index (χ3v) is 1.52. The van der Waals surface area contributed by atoms with E-state index in [1.807, 2.05) is 0 Å². The Hall–Kier alpha value is 0.443. The smallest absolute Gasteiger partial charge is 0.276 e. The molecule has 0 aliphatic rings. The number of amides is 1. The molecule has 0 aromatic rings. The standard InChI is InChI=1S/C5H11NOS.Zn/c1-2-3-4-8-5(6)7;/h2-4H2,1H3,(H2,6,7);. The first kappa shape index (κ1) is 12.2. The van der Waals surface area contributed by atoms with Crippen molar-refractivity contribution in [2.45, 2.75) is 19.8 Å². The molecule has 50 valence electrons. The molecule has 0 saturated carbocycles. The third kappa shape index (κ3) is 11.8. The summed E-state index contributed by atoms with van der Waals surface area (Å²) in [7, 11) is 0. The molecule has 0 aliphatic heterocycles. The largest absolute Gasteiger partial charge is 0.361 e. The third-order valence-electron chi connectivity index (χ3n) is 0.742. The van der Waals surface area contributed by atoms with Crippen LogP contribution in [-0.4, -0.2) is 11.0 Å². The van der Waals surface area contributed by atoms with Gasteiger partial charge in [-0.25, -0.2) is 0 Å². The van der Waals surface area contributed by atoms with E-state index in [0.717, 1.165) is 18.6 Å². The first-order valence-corrected chi connectivity index (χ1v) is 3.68. The van der Waals surface area contributed by atoms with Crippen LogP contribution in [0, 0.1) is 0 Å². The van der Waals surface area contributed by atoms with Crippen molar-refractivity contribution in [3.05, 3.63) is 0 Å². The van der Waals surface area contributed by atoms with Gasteiger partial charge < -0.3 is 5.73 Å². The molecule has 2 N–H and O–H groups in total. The maximum Gasteiger partial charge on any atom is 0.276 e. The summed E-state index contributed by atoms with van der Waals surface area (Å²) < 4.78 is 0. The normalized spacial score (nSPS) is 8.11. The van der Waals surface area contributed by atoms with E-state index in [1.54, 1.807) is 0 Å². The van der Waals surface area contributed by atoms with E-state index in [2.05, 4.69) is 6.92 Å². The summed E-state index contributed by atoms with van der Waals surface area (Å²) in [5.74, 6) is 0.867. The molecule has 0 unspecified atom stereocenters. The van der Waals surface area contributed by atoms with Gasteiger partial charge in [-0.05, 0) is 6.42 Å². The molecule has 0 radical (unpaired) electrons. The van der Waals surface area contributed by atoms with E-state index < -0.39 is 0 Å². The number of nitrogens with two attached hydrogens (primary N) is 1. The van der Waals surface area contributed by atoms with Crippen LogP contribution in [0.3, 0.4) is 0 Å². The van der Waals surface area contributed by atoms with Crippen molar-refractivity contribution in [3.63, 3.8) is 0 Å². The van der Waals surface area contributed by atoms with Gasteiger partial charge in [0.2, 0.25) is 0 Å². The van der Waals surface area contributed by atoms with Gasteiger partial charge in [0.1, 0.15) is 0 Å². The van der Waals surface area contributed by atoms with Crippen LogP contribution in [0.5, 0.6) is 0 Å².